The Bertz CT molecular complexity index is 1740. The van der Waals surface area contributed by atoms with Crippen LogP contribution in [-0.2, 0) is 9.84 Å². The van der Waals surface area contributed by atoms with Gasteiger partial charge in [-0.05, 0) is 107 Å². The van der Waals surface area contributed by atoms with Crippen molar-refractivity contribution in [2.75, 3.05) is 12.5 Å². The minimum Gasteiger partial charge on any atom is -0.218 e. The van der Waals surface area contributed by atoms with Gasteiger partial charge in [0.2, 0.25) is 9.84 Å². The third kappa shape index (κ3) is 4.23. The molecule has 0 spiro atoms. The highest BCUT2D eigenvalue weighted by Gasteiger charge is 2.30. The summed E-state index contributed by atoms with van der Waals surface area (Å²) in [6, 6.07) is 12.1. The Morgan fingerprint density at radius 2 is 1.11 bits per heavy atom. The molecule has 4 aromatic heterocycles. The lowest BCUT2D eigenvalue weighted by Gasteiger charge is -2.13. The Kier molecular flexibility index (Phi) is 6.84. The maximum atomic E-state index is 14.8. The average Bonchev–Trinajstić information content (AvgIpc) is 3.67. The lowest BCUT2D eigenvalue weighted by atomic mass is 10.1. The Hall–Kier alpha value is -1.59. The van der Waals surface area contributed by atoms with Crippen LogP contribution in [0.25, 0.3) is 42.4 Å². The Balaban J connectivity index is 1.74. The first-order chi connectivity index (χ1) is 17.8. The smallest absolute Gasteiger partial charge is 0.207 e. The van der Waals surface area contributed by atoms with E-state index in [1.165, 1.54) is 0 Å². The highest BCUT2D eigenvalue weighted by Crippen LogP contribution is 2.51. The SMILES string of the molecule is CSc1sc2cc(C)cc(S(=O)(=O)c3cc(C)cc4sc(SC)c(-c5ccsc5)c34)c2c1-c1ccsc1. The van der Waals surface area contributed by atoms with Gasteiger partial charge in [-0.15, -0.1) is 46.2 Å². The fourth-order valence-electron chi connectivity index (χ4n) is 4.77. The molecule has 4 heterocycles. The molecule has 0 aliphatic heterocycles. The lowest BCUT2D eigenvalue weighted by molar-refractivity contribution is 0.597. The molecular weight excluding hydrogens is 593 g/mol. The zero-order valence-electron chi connectivity index (χ0n) is 20.4. The van der Waals surface area contributed by atoms with Gasteiger partial charge < -0.3 is 0 Å². The highest BCUT2D eigenvalue weighted by atomic mass is 32.2. The zero-order chi connectivity index (χ0) is 25.9. The summed E-state index contributed by atoms with van der Waals surface area (Å²) in [6.45, 7) is 3.97. The van der Waals surface area contributed by atoms with E-state index in [1.807, 2.05) is 26.0 Å². The Morgan fingerprint density at radius 3 is 1.46 bits per heavy atom. The van der Waals surface area contributed by atoms with Crippen LogP contribution in [0.3, 0.4) is 0 Å². The van der Waals surface area contributed by atoms with E-state index >= 15 is 0 Å². The monoisotopic (exact) mass is 614 g/mol. The van der Waals surface area contributed by atoms with Crippen molar-refractivity contribution in [2.24, 2.45) is 0 Å². The molecule has 0 N–H and O–H groups in total. The molecule has 9 heteroatoms. The predicted molar refractivity (Wildman–Crippen MR) is 169 cm³/mol. The summed E-state index contributed by atoms with van der Waals surface area (Å²) in [5.74, 6) is 0. The van der Waals surface area contributed by atoms with Crippen LogP contribution in [0.15, 0.2) is 76.1 Å². The fourth-order valence-corrected chi connectivity index (χ4v) is 12.3. The molecule has 37 heavy (non-hydrogen) atoms. The van der Waals surface area contributed by atoms with E-state index in [1.54, 1.807) is 68.9 Å². The maximum Gasteiger partial charge on any atom is 0.207 e. The summed E-state index contributed by atoms with van der Waals surface area (Å²) < 4.78 is 33.9. The number of thiophene rings is 4. The number of sulfone groups is 1. The molecule has 0 saturated carbocycles. The first-order valence-electron chi connectivity index (χ1n) is 11.4. The molecule has 6 rings (SSSR count). The summed E-state index contributed by atoms with van der Waals surface area (Å²) in [7, 11) is -3.85. The van der Waals surface area contributed by atoms with Gasteiger partial charge >= 0.3 is 0 Å². The molecule has 188 valence electrons. The molecular formula is C28H22O2S7. The topological polar surface area (TPSA) is 34.1 Å². The van der Waals surface area contributed by atoms with Gasteiger partial charge in [-0.1, -0.05) is 0 Å². The zero-order valence-corrected chi connectivity index (χ0v) is 26.2. The second-order valence-corrected chi connectivity index (χ2v) is 16.4. The second-order valence-electron chi connectivity index (χ2n) is 8.74. The van der Waals surface area contributed by atoms with Crippen LogP contribution in [0.4, 0.5) is 0 Å². The van der Waals surface area contributed by atoms with Gasteiger partial charge in [-0.25, -0.2) is 8.42 Å². The van der Waals surface area contributed by atoms with Crippen molar-refractivity contribution >= 4 is 98.9 Å². The molecule has 2 aromatic carbocycles. The molecule has 0 atom stereocenters. The minimum absolute atomic E-state index is 0.403. The molecule has 0 fully saturated rings. The normalized spacial score (nSPS) is 12.2. The van der Waals surface area contributed by atoms with Crippen molar-refractivity contribution in [3.8, 4) is 22.3 Å². The van der Waals surface area contributed by atoms with Crippen molar-refractivity contribution < 1.29 is 8.42 Å². The number of aryl methyl sites for hydroxylation is 2. The molecule has 0 unspecified atom stereocenters. The van der Waals surface area contributed by atoms with E-state index in [0.29, 0.717) is 9.79 Å². The van der Waals surface area contributed by atoms with E-state index in [-0.39, 0.29) is 0 Å². The highest BCUT2D eigenvalue weighted by molar-refractivity contribution is 8.01. The summed E-state index contributed by atoms with van der Waals surface area (Å²) in [5.41, 5.74) is 6.13. The average molecular weight is 615 g/mol. The van der Waals surface area contributed by atoms with Gasteiger partial charge in [0.05, 0.1) is 18.2 Å². The predicted octanol–water partition coefficient (Wildman–Crippen LogP) is 10.5. The van der Waals surface area contributed by atoms with Crippen molar-refractivity contribution in [1.82, 2.24) is 0 Å². The first kappa shape index (κ1) is 25.7. The Morgan fingerprint density at radius 1 is 0.676 bits per heavy atom. The number of hydrogen-bond acceptors (Lipinski definition) is 8. The van der Waals surface area contributed by atoms with Gasteiger partial charge in [0.1, 0.15) is 0 Å². The molecule has 0 radical (unpaired) electrons. The number of rotatable bonds is 6. The third-order valence-corrected chi connectivity index (χ3v) is 14.0. The van der Waals surface area contributed by atoms with Crippen molar-refractivity contribution in [2.45, 2.75) is 32.1 Å². The van der Waals surface area contributed by atoms with Gasteiger partial charge in [0.15, 0.2) is 0 Å². The molecule has 2 nitrogen and oxygen atoms in total. The van der Waals surface area contributed by atoms with Gasteiger partial charge in [-0.2, -0.15) is 22.7 Å². The number of hydrogen-bond donors (Lipinski definition) is 0. The molecule has 0 amide bonds. The Labute approximate surface area is 241 Å². The molecule has 6 aromatic rings. The van der Waals surface area contributed by atoms with E-state index in [2.05, 4.69) is 58.3 Å². The summed E-state index contributed by atoms with van der Waals surface area (Å²) in [4.78, 5) is 0.806. The van der Waals surface area contributed by atoms with Crippen LogP contribution in [-0.4, -0.2) is 20.9 Å². The lowest BCUT2D eigenvalue weighted by Crippen LogP contribution is -2.05. The van der Waals surface area contributed by atoms with E-state index < -0.39 is 9.84 Å². The van der Waals surface area contributed by atoms with E-state index in [4.69, 9.17) is 0 Å². The molecule has 0 aliphatic carbocycles. The van der Waals surface area contributed by atoms with Crippen LogP contribution < -0.4 is 0 Å². The second kappa shape index (κ2) is 9.86. The molecule has 0 saturated heterocycles. The maximum absolute atomic E-state index is 14.8. The van der Waals surface area contributed by atoms with Gasteiger partial charge in [0.25, 0.3) is 0 Å². The largest absolute Gasteiger partial charge is 0.218 e. The summed E-state index contributed by atoms with van der Waals surface area (Å²) >= 11 is 9.99. The van der Waals surface area contributed by atoms with Gasteiger partial charge in [-0.3, -0.25) is 0 Å². The number of benzene rings is 2. The van der Waals surface area contributed by atoms with Crippen LogP contribution >= 0.6 is 68.9 Å². The minimum atomic E-state index is -3.85. The van der Waals surface area contributed by atoms with Crippen LogP contribution in [0, 0.1) is 13.8 Å². The van der Waals surface area contributed by atoms with E-state index in [0.717, 1.165) is 62.0 Å². The van der Waals surface area contributed by atoms with Crippen LogP contribution in [0.1, 0.15) is 11.1 Å². The third-order valence-electron chi connectivity index (χ3n) is 6.30. The number of fused-ring (bicyclic) bond motifs is 2. The van der Waals surface area contributed by atoms with Gasteiger partial charge in [0, 0.05) is 31.3 Å². The molecule has 0 bridgehead atoms. The molecule has 0 aliphatic rings. The summed E-state index contributed by atoms with van der Waals surface area (Å²) in [6.07, 6.45) is 4.13. The van der Waals surface area contributed by atoms with E-state index in [9.17, 15) is 8.42 Å². The number of thioether (sulfide) groups is 2. The standard InChI is InChI=1S/C28H22O2S7/c1-15-9-19-25(23(27(31-3)35-19)17-5-7-33-13-17)21(11-15)37(29,30)22-12-16(2)10-20-26(22)24(28(32-4)36-20)18-6-8-34-14-18/h5-14H,1-4H3. The van der Waals surface area contributed by atoms with Crippen molar-refractivity contribution in [3.05, 3.63) is 69.0 Å². The van der Waals surface area contributed by atoms with Crippen molar-refractivity contribution in [3.63, 3.8) is 0 Å². The van der Waals surface area contributed by atoms with Crippen LogP contribution in [0.5, 0.6) is 0 Å². The summed E-state index contributed by atoms with van der Waals surface area (Å²) in [5, 5.41) is 10.0. The first-order valence-corrected chi connectivity index (χ1v) is 18.8. The van der Waals surface area contributed by atoms with Crippen LogP contribution in [0.2, 0.25) is 0 Å². The van der Waals surface area contributed by atoms with Crippen molar-refractivity contribution in [1.29, 1.82) is 0 Å². The fraction of sp³-hybridized carbons (Fsp3) is 0.143. The quantitative estimate of drug-likeness (QED) is 0.175.